The molecule has 3 aromatic rings. The van der Waals surface area contributed by atoms with Crippen molar-refractivity contribution in [3.8, 4) is 11.4 Å². The van der Waals surface area contributed by atoms with Crippen LogP contribution in [0.2, 0.25) is 5.02 Å². The summed E-state index contributed by atoms with van der Waals surface area (Å²) < 4.78 is 6.92. The molecule has 4 rings (SSSR count). The number of nitrogen functional groups attached to an aromatic ring is 1. The summed E-state index contributed by atoms with van der Waals surface area (Å²) in [6.07, 6.45) is 8.73. The number of hydrogen-bond donors (Lipinski definition) is 1. The van der Waals surface area contributed by atoms with Gasteiger partial charge in [-0.05, 0) is 36.6 Å². The van der Waals surface area contributed by atoms with Crippen LogP contribution in [0, 0.1) is 5.92 Å². The first kappa shape index (κ1) is 19.3. The largest absolute Gasteiger partial charge is 0.338 e. The molecule has 1 aliphatic rings. The second kappa shape index (κ2) is 8.96. The molecule has 148 valence electrons. The predicted molar refractivity (Wildman–Crippen MR) is 109 cm³/mol. The average Bonchev–Trinajstić information content (AvgIpc) is 3.33. The Kier molecular flexibility index (Phi) is 6.17. The van der Waals surface area contributed by atoms with Crippen molar-refractivity contribution in [2.24, 2.45) is 5.92 Å². The van der Waals surface area contributed by atoms with Gasteiger partial charge in [-0.2, -0.15) is 4.98 Å². The lowest BCUT2D eigenvalue weighted by Gasteiger charge is -2.20. The summed E-state index contributed by atoms with van der Waals surface area (Å²) in [5.74, 6) is 9.35. The number of nitrogens with zero attached hydrogens (tertiary/aromatic N) is 5. The highest BCUT2D eigenvalue weighted by molar-refractivity contribution is 7.98. The van der Waals surface area contributed by atoms with Crippen molar-refractivity contribution in [3.63, 3.8) is 0 Å². The minimum Gasteiger partial charge on any atom is -0.338 e. The number of halogens is 1. The highest BCUT2D eigenvalue weighted by Crippen LogP contribution is 2.28. The number of nitrogens with two attached hydrogens (primary N) is 1. The summed E-state index contributed by atoms with van der Waals surface area (Å²) in [6.45, 7) is 0. The normalized spacial score (nSPS) is 15.2. The Morgan fingerprint density at radius 3 is 2.71 bits per heavy atom. The van der Waals surface area contributed by atoms with Crippen molar-refractivity contribution >= 4 is 23.4 Å². The standard InChI is InChI=1S/C19H23ClN6OS/c20-15-9-7-14(8-10-15)18-22-17(27-25-18)12-28-19-24-23-16(26(19)21)11-6-13-4-2-1-3-5-13/h7-10,13H,1-6,11-12,21H2. The van der Waals surface area contributed by atoms with Crippen molar-refractivity contribution in [1.82, 2.24) is 25.0 Å². The molecule has 0 unspecified atom stereocenters. The second-order valence-corrected chi connectivity index (χ2v) is 8.50. The van der Waals surface area contributed by atoms with Gasteiger partial charge >= 0.3 is 0 Å². The Morgan fingerprint density at radius 1 is 1.14 bits per heavy atom. The smallest absolute Gasteiger partial charge is 0.237 e. The van der Waals surface area contributed by atoms with Crippen LogP contribution in [-0.4, -0.2) is 25.0 Å². The van der Waals surface area contributed by atoms with Gasteiger partial charge in [0.1, 0.15) is 0 Å². The van der Waals surface area contributed by atoms with Crippen LogP contribution in [0.25, 0.3) is 11.4 Å². The molecule has 0 atom stereocenters. The summed E-state index contributed by atoms with van der Waals surface area (Å²) >= 11 is 7.35. The lowest BCUT2D eigenvalue weighted by Crippen LogP contribution is -2.16. The number of hydrogen-bond acceptors (Lipinski definition) is 7. The van der Waals surface area contributed by atoms with Gasteiger partial charge in [0.15, 0.2) is 5.82 Å². The number of benzene rings is 1. The first-order valence-electron chi connectivity index (χ1n) is 9.60. The van der Waals surface area contributed by atoms with Crippen LogP contribution in [0.4, 0.5) is 0 Å². The summed E-state index contributed by atoms with van der Waals surface area (Å²) in [4.78, 5) is 4.42. The van der Waals surface area contributed by atoms with Gasteiger partial charge in [-0.15, -0.1) is 10.2 Å². The van der Waals surface area contributed by atoms with E-state index in [9.17, 15) is 0 Å². The van der Waals surface area contributed by atoms with Gasteiger partial charge in [-0.25, -0.2) is 4.68 Å². The Bertz CT molecular complexity index is 904. The quantitative estimate of drug-likeness (QED) is 0.445. The fourth-order valence-corrected chi connectivity index (χ4v) is 4.38. The van der Waals surface area contributed by atoms with Crippen molar-refractivity contribution in [2.75, 3.05) is 5.84 Å². The Morgan fingerprint density at radius 2 is 1.93 bits per heavy atom. The van der Waals surface area contributed by atoms with Gasteiger partial charge in [0, 0.05) is 17.0 Å². The number of rotatable bonds is 7. The zero-order valence-electron chi connectivity index (χ0n) is 15.6. The van der Waals surface area contributed by atoms with Crippen molar-refractivity contribution < 1.29 is 4.52 Å². The monoisotopic (exact) mass is 418 g/mol. The van der Waals surface area contributed by atoms with E-state index in [0.717, 1.165) is 30.1 Å². The third-order valence-electron chi connectivity index (χ3n) is 5.13. The zero-order valence-corrected chi connectivity index (χ0v) is 17.1. The third-order valence-corrected chi connectivity index (χ3v) is 6.31. The minimum atomic E-state index is 0.485. The Hall–Kier alpha value is -2.06. The van der Waals surface area contributed by atoms with Crippen LogP contribution in [-0.2, 0) is 12.2 Å². The average molecular weight is 419 g/mol. The molecule has 1 fully saturated rings. The summed E-state index contributed by atoms with van der Waals surface area (Å²) in [7, 11) is 0. The van der Waals surface area contributed by atoms with E-state index in [4.69, 9.17) is 22.0 Å². The lowest BCUT2D eigenvalue weighted by atomic mass is 9.86. The van der Waals surface area contributed by atoms with Crippen LogP contribution >= 0.6 is 23.4 Å². The second-order valence-electron chi connectivity index (χ2n) is 7.12. The lowest BCUT2D eigenvalue weighted by molar-refractivity contribution is 0.336. The first-order chi connectivity index (χ1) is 13.7. The molecule has 2 aromatic heterocycles. The number of thioether (sulfide) groups is 1. The molecule has 1 aromatic carbocycles. The Balaban J connectivity index is 1.32. The Labute approximate surface area is 173 Å². The molecule has 1 saturated carbocycles. The van der Waals surface area contributed by atoms with E-state index in [-0.39, 0.29) is 0 Å². The van der Waals surface area contributed by atoms with Gasteiger partial charge in [0.25, 0.3) is 0 Å². The molecule has 2 heterocycles. The van der Waals surface area contributed by atoms with Crippen LogP contribution in [0.1, 0.15) is 50.2 Å². The summed E-state index contributed by atoms with van der Waals surface area (Å²) in [5.41, 5.74) is 0.858. The number of aromatic nitrogens is 5. The highest BCUT2D eigenvalue weighted by Gasteiger charge is 2.17. The van der Waals surface area contributed by atoms with Gasteiger partial charge < -0.3 is 10.4 Å². The number of aryl methyl sites for hydroxylation is 1. The first-order valence-corrected chi connectivity index (χ1v) is 11.0. The van der Waals surface area contributed by atoms with E-state index in [1.807, 2.05) is 12.1 Å². The van der Waals surface area contributed by atoms with E-state index < -0.39 is 0 Å². The molecule has 0 spiro atoms. The topological polar surface area (TPSA) is 95.7 Å². The van der Waals surface area contributed by atoms with Crippen molar-refractivity contribution in [2.45, 2.75) is 55.9 Å². The maximum Gasteiger partial charge on any atom is 0.237 e. The fraction of sp³-hybridized carbons (Fsp3) is 0.474. The molecule has 2 N–H and O–H groups in total. The molecule has 0 aliphatic heterocycles. The van der Waals surface area contributed by atoms with Gasteiger partial charge in [0.2, 0.25) is 16.9 Å². The molecule has 0 saturated heterocycles. The zero-order chi connectivity index (χ0) is 19.3. The maximum atomic E-state index is 6.19. The molecule has 0 bridgehead atoms. The van der Waals surface area contributed by atoms with Crippen LogP contribution in [0.3, 0.4) is 0 Å². The van der Waals surface area contributed by atoms with E-state index in [0.29, 0.717) is 27.6 Å². The van der Waals surface area contributed by atoms with Gasteiger partial charge in [-0.1, -0.05) is 60.6 Å². The summed E-state index contributed by atoms with van der Waals surface area (Å²) in [6, 6.07) is 7.32. The molecule has 0 radical (unpaired) electrons. The van der Waals surface area contributed by atoms with E-state index in [2.05, 4.69) is 20.3 Å². The summed E-state index contributed by atoms with van der Waals surface area (Å²) in [5, 5.41) is 13.8. The van der Waals surface area contributed by atoms with Gasteiger partial charge in [-0.3, -0.25) is 0 Å². The van der Waals surface area contributed by atoms with E-state index in [1.54, 1.807) is 16.8 Å². The van der Waals surface area contributed by atoms with E-state index >= 15 is 0 Å². The predicted octanol–water partition coefficient (Wildman–Crippen LogP) is 4.50. The molecular weight excluding hydrogens is 396 g/mol. The fourth-order valence-electron chi connectivity index (χ4n) is 3.54. The van der Waals surface area contributed by atoms with Crippen molar-refractivity contribution in [3.05, 3.63) is 41.0 Å². The highest BCUT2D eigenvalue weighted by atomic mass is 35.5. The van der Waals surface area contributed by atoms with Crippen LogP contribution < -0.4 is 5.84 Å². The molecular formula is C19H23ClN6OS. The third kappa shape index (κ3) is 4.67. The van der Waals surface area contributed by atoms with Gasteiger partial charge in [0.05, 0.1) is 5.75 Å². The van der Waals surface area contributed by atoms with E-state index in [1.165, 1.54) is 43.9 Å². The molecule has 7 nitrogen and oxygen atoms in total. The molecule has 9 heteroatoms. The molecule has 1 aliphatic carbocycles. The molecule has 0 amide bonds. The maximum absolute atomic E-state index is 6.19. The minimum absolute atomic E-state index is 0.485. The van der Waals surface area contributed by atoms with Crippen LogP contribution in [0.5, 0.6) is 0 Å². The van der Waals surface area contributed by atoms with Crippen molar-refractivity contribution in [1.29, 1.82) is 0 Å². The van der Waals surface area contributed by atoms with Crippen LogP contribution in [0.15, 0.2) is 33.9 Å². The SMILES string of the molecule is Nn1c(CCC2CCCCC2)nnc1SCc1nc(-c2ccc(Cl)cc2)no1. The molecule has 28 heavy (non-hydrogen) atoms.